The Bertz CT molecular complexity index is 416. The Balaban J connectivity index is 3.14. The molecule has 0 radical (unpaired) electrons. The van der Waals surface area contributed by atoms with Crippen LogP contribution in [0.3, 0.4) is 0 Å². The van der Waals surface area contributed by atoms with Crippen molar-refractivity contribution in [1.82, 2.24) is 4.98 Å². The highest BCUT2D eigenvalue weighted by molar-refractivity contribution is 7.89. The van der Waals surface area contributed by atoms with E-state index in [1.165, 1.54) is 12.3 Å². The van der Waals surface area contributed by atoms with Gasteiger partial charge in [0.2, 0.25) is 0 Å². The van der Waals surface area contributed by atoms with Crippen LogP contribution < -0.4 is 10.9 Å². The number of rotatable bonds is 3. The summed E-state index contributed by atoms with van der Waals surface area (Å²) in [6.07, 6.45) is 2.12. The van der Waals surface area contributed by atoms with Crippen molar-refractivity contribution in [3.05, 3.63) is 23.9 Å². The average molecular weight is 215 g/mol. The quantitative estimate of drug-likeness (QED) is 0.749. The summed E-state index contributed by atoms with van der Waals surface area (Å²) in [5, 5.41) is 4.80. The standard InChI is InChI=1S/C8H13N3O2S/c1-2-7(9)6-3-4-11-8(5-6)14(10,12)13/h3-5,7H,2,9H2,1H3,(H2,10,12,13)/t7-/m0/s1. The maximum absolute atomic E-state index is 11.0. The first-order valence-electron chi connectivity index (χ1n) is 4.19. The lowest BCUT2D eigenvalue weighted by Crippen LogP contribution is -2.16. The summed E-state index contributed by atoms with van der Waals surface area (Å²) in [6, 6.07) is 2.91. The minimum atomic E-state index is -3.73. The van der Waals surface area contributed by atoms with Gasteiger partial charge in [-0.25, -0.2) is 18.5 Å². The maximum atomic E-state index is 11.0. The SMILES string of the molecule is CC[C@H](N)c1ccnc(S(N)(=O)=O)c1. The Labute approximate surface area is 83.2 Å². The second-order valence-electron chi connectivity index (χ2n) is 2.99. The Hall–Kier alpha value is -0.980. The molecule has 0 saturated carbocycles. The van der Waals surface area contributed by atoms with E-state index >= 15 is 0 Å². The van der Waals surface area contributed by atoms with Gasteiger partial charge in [0.15, 0.2) is 5.03 Å². The van der Waals surface area contributed by atoms with Crippen LogP contribution in [0.5, 0.6) is 0 Å². The molecule has 1 aromatic heterocycles. The minimum absolute atomic E-state index is 0.140. The molecule has 0 aliphatic heterocycles. The topological polar surface area (TPSA) is 99.1 Å². The van der Waals surface area contributed by atoms with Gasteiger partial charge in [0.1, 0.15) is 0 Å². The Morgan fingerprint density at radius 2 is 2.21 bits per heavy atom. The molecule has 0 aromatic carbocycles. The molecule has 0 bridgehead atoms. The lowest BCUT2D eigenvalue weighted by Gasteiger charge is -2.09. The highest BCUT2D eigenvalue weighted by Gasteiger charge is 2.11. The van der Waals surface area contributed by atoms with Crippen molar-refractivity contribution in [2.75, 3.05) is 0 Å². The van der Waals surface area contributed by atoms with Gasteiger partial charge in [-0.1, -0.05) is 6.92 Å². The van der Waals surface area contributed by atoms with E-state index in [1.54, 1.807) is 6.07 Å². The normalized spacial score (nSPS) is 13.9. The van der Waals surface area contributed by atoms with Crippen LogP contribution >= 0.6 is 0 Å². The Kier molecular flexibility index (Phi) is 3.20. The smallest absolute Gasteiger partial charge is 0.255 e. The van der Waals surface area contributed by atoms with Crippen molar-refractivity contribution in [2.45, 2.75) is 24.4 Å². The average Bonchev–Trinajstić information content (AvgIpc) is 2.15. The number of hydrogen-bond acceptors (Lipinski definition) is 4. The van der Waals surface area contributed by atoms with Gasteiger partial charge in [-0.15, -0.1) is 0 Å². The van der Waals surface area contributed by atoms with E-state index in [1.807, 2.05) is 6.92 Å². The van der Waals surface area contributed by atoms with Crippen molar-refractivity contribution in [1.29, 1.82) is 0 Å². The molecule has 6 heteroatoms. The maximum Gasteiger partial charge on any atom is 0.255 e. The molecule has 14 heavy (non-hydrogen) atoms. The van der Waals surface area contributed by atoms with Gasteiger partial charge < -0.3 is 5.73 Å². The molecule has 0 spiro atoms. The summed E-state index contributed by atoms with van der Waals surface area (Å²) < 4.78 is 21.9. The molecule has 78 valence electrons. The number of hydrogen-bond donors (Lipinski definition) is 2. The van der Waals surface area contributed by atoms with E-state index in [2.05, 4.69) is 4.98 Å². The van der Waals surface area contributed by atoms with Gasteiger partial charge in [-0.05, 0) is 24.1 Å². The molecular weight excluding hydrogens is 202 g/mol. The zero-order valence-electron chi connectivity index (χ0n) is 7.84. The minimum Gasteiger partial charge on any atom is -0.324 e. The van der Waals surface area contributed by atoms with Crippen LogP contribution in [0.4, 0.5) is 0 Å². The van der Waals surface area contributed by atoms with Crippen molar-refractivity contribution in [3.63, 3.8) is 0 Å². The van der Waals surface area contributed by atoms with Crippen LogP contribution in [-0.2, 0) is 10.0 Å². The summed E-state index contributed by atoms with van der Waals surface area (Å²) in [7, 11) is -3.73. The monoisotopic (exact) mass is 215 g/mol. The molecule has 1 atom stereocenters. The summed E-state index contributed by atoms with van der Waals surface area (Å²) >= 11 is 0. The fraction of sp³-hybridized carbons (Fsp3) is 0.375. The van der Waals surface area contributed by atoms with E-state index in [0.717, 1.165) is 12.0 Å². The van der Waals surface area contributed by atoms with E-state index in [-0.39, 0.29) is 11.1 Å². The van der Waals surface area contributed by atoms with Gasteiger partial charge in [-0.3, -0.25) is 0 Å². The van der Waals surface area contributed by atoms with Gasteiger partial charge in [0.25, 0.3) is 10.0 Å². The van der Waals surface area contributed by atoms with Gasteiger partial charge >= 0.3 is 0 Å². The predicted octanol–water partition coefficient (Wildman–Crippen LogP) is 0.139. The molecule has 0 saturated heterocycles. The fourth-order valence-electron chi connectivity index (χ4n) is 1.05. The van der Waals surface area contributed by atoms with Gasteiger partial charge in [0.05, 0.1) is 0 Å². The molecule has 4 N–H and O–H groups in total. The lowest BCUT2D eigenvalue weighted by atomic mass is 10.1. The molecule has 1 rings (SSSR count). The number of sulfonamides is 1. The van der Waals surface area contributed by atoms with Crippen molar-refractivity contribution < 1.29 is 8.42 Å². The van der Waals surface area contributed by atoms with E-state index in [0.29, 0.717) is 0 Å². The van der Waals surface area contributed by atoms with Gasteiger partial charge in [0, 0.05) is 12.2 Å². The summed E-state index contributed by atoms with van der Waals surface area (Å²) in [5.41, 5.74) is 6.47. The lowest BCUT2D eigenvalue weighted by molar-refractivity contribution is 0.593. The summed E-state index contributed by atoms with van der Waals surface area (Å²) in [4.78, 5) is 3.66. The number of primary sulfonamides is 1. The van der Waals surface area contributed by atoms with Crippen LogP contribution in [0.1, 0.15) is 24.9 Å². The van der Waals surface area contributed by atoms with Crippen LogP contribution in [0, 0.1) is 0 Å². The first kappa shape index (κ1) is 11.1. The third-order valence-electron chi connectivity index (χ3n) is 1.92. The number of nitrogens with two attached hydrogens (primary N) is 2. The van der Waals surface area contributed by atoms with E-state index in [4.69, 9.17) is 10.9 Å². The number of nitrogens with zero attached hydrogens (tertiary/aromatic N) is 1. The molecule has 0 aliphatic rings. The second kappa shape index (κ2) is 4.04. The Morgan fingerprint density at radius 3 is 2.71 bits per heavy atom. The molecule has 0 amide bonds. The molecule has 0 fully saturated rings. The van der Waals surface area contributed by atoms with Crippen LogP contribution in [0.25, 0.3) is 0 Å². The number of pyridine rings is 1. The van der Waals surface area contributed by atoms with Crippen LogP contribution in [0.2, 0.25) is 0 Å². The zero-order chi connectivity index (χ0) is 10.8. The summed E-state index contributed by atoms with van der Waals surface area (Å²) in [5.74, 6) is 0. The van der Waals surface area contributed by atoms with Crippen LogP contribution in [-0.4, -0.2) is 13.4 Å². The summed E-state index contributed by atoms with van der Waals surface area (Å²) in [6.45, 7) is 1.92. The zero-order valence-corrected chi connectivity index (χ0v) is 8.66. The van der Waals surface area contributed by atoms with Crippen molar-refractivity contribution >= 4 is 10.0 Å². The highest BCUT2D eigenvalue weighted by atomic mass is 32.2. The fourth-order valence-corrected chi connectivity index (χ4v) is 1.55. The number of aromatic nitrogens is 1. The molecular formula is C8H13N3O2S. The third kappa shape index (κ3) is 2.50. The van der Waals surface area contributed by atoms with Crippen molar-refractivity contribution in [3.8, 4) is 0 Å². The van der Waals surface area contributed by atoms with E-state index < -0.39 is 10.0 Å². The molecule has 5 nitrogen and oxygen atoms in total. The molecule has 1 aromatic rings. The van der Waals surface area contributed by atoms with Crippen molar-refractivity contribution in [2.24, 2.45) is 10.9 Å². The second-order valence-corrected chi connectivity index (χ2v) is 4.50. The van der Waals surface area contributed by atoms with Gasteiger partial charge in [-0.2, -0.15) is 0 Å². The highest BCUT2D eigenvalue weighted by Crippen LogP contribution is 2.15. The largest absolute Gasteiger partial charge is 0.324 e. The molecule has 0 aliphatic carbocycles. The van der Waals surface area contributed by atoms with E-state index in [9.17, 15) is 8.42 Å². The Morgan fingerprint density at radius 1 is 1.57 bits per heavy atom. The molecule has 1 heterocycles. The first-order chi connectivity index (χ1) is 6.45. The first-order valence-corrected chi connectivity index (χ1v) is 5.74. The predicted molar refractivity (Wildman–Crippen MR) is 52.8 cm³/mol. The molecule has 0 unspecified atom stereocenters. The van der Waals surface area contributed by atoms with Crippen LogP contribution in [0.15, 0.2) is 23.4 Å². The third-order valence-corrected chi connectivity index (χ3v) is 2.72.